The fourth-order valence-corrected chi connectivity index (χ4v) is 2.05. The Morgan fingerprint density at radius 2 is 2.00 bits per heavy atom. The Hall–Kier alpha value is -2.80. The second-order valence-corrected chi connectivity index (χ2v) is 4.79. The van der Waals surface area contributed by atoms with Crippen LogP contribution in [-0.4, -0.2) is 5.91 Å². The molecule has 0 spiro atoms. The van der Waals surface area contributed by atoms with Crippen LogP contribution in [0.25, 0.3) is 0 Å². The van der Waals surface area contributed by atoms with E-state index in [1.54, 1.807) is 12.1 Å². The third kappa shape index (κ3) is 4.36. The molecule has 2 aromatic carbocycles. The van der Waals surface area contributed by atoms with Crippen molar-refractivity contribution in [3.63, 3.8) is 0 Å². The Morgan fingerprint density at radius 1 is 1.19 bits per heavy atom. The highest BCUT2D eigenvalue weighted by atomic mass is 16.1. The number of nitrogens with two attached hydrogens (primary N) is 1. The maximum Gasteiger partial charge on any atom is 0.220 e. The molecule has 3 N–H and O–H groups in total. The fraction of sp³-hybridized carbons (Fsp3) is 0.176. The van der Waals surface area contributed by atoms with Crippen LogP contribution in [0.5, 0.6) is 0 Å². The molecule has 4 nitrogen and oxygen atoms in total. The van der Waals surface area contributed by atoms with Crippen molar-refractivity contribution in [2.75, 3.05) is 5.73 Å². The van der Waals surface area contributed by atoms with E-state index < -0.39 is 0 Å². The summed E-state index contributed by atoms with van der Waals surface area (Å²) in [5.74, 6) is -0.0272. The molecule has 0 atom stereocenters. The van der Waals surface area contributed by atoms with Crippen molar-refractivity contribution >= 4 is 11.6 Å². The first-order valence-electron chi connectivity index (χ1n) is 6.78. The number of hydrogen-bond acceptors (Lipinski definition) is 3. The summed E-state index contributed by atoms with van der Waals surface area (Å²) >= 11 is 0. The van der Waals surface area contributed by atoms with Crippen molar-refractivity contribution in [3.8, 4) is 6.07 Å². The molecule has 106 valence electrons. The van der Waals surface area contributed by atoms with E-state index in [0.717, 1.165) is 11.1 Å². The lowest BCUT2D eigenvalue weighted by atomic mass is 10.1. The third-order valence-corrected chi connectivity index (χ3v) is 3.22. The predicted octanol–water partition coefficient (Wildman–Crippen LogP) is 2.39. The Kier molecular flexibility index (Phi) is 4.94. The van der Waals surface area contributed by atoms with Gasteiger partial charge in [-0.15, -0.1) is 0 Å². The molecule has 0 aliphatic heterocycles. The monoisotopic (exact) mass is 279 g/mol. The van der Waals surface area contributed by atoms with Gasteiger partial charge in [0, 0.05) is 18.7 Å². The highest BCUT2D eigenvalue weighted by Crippen LogP contribution is 2.12. The molecule has 2 rings (SSSR count). The highest BCUT2D eigenvalue weighted by molar-refractivity contribution is 5.76. The van der Waals surface area contributed by atoms with Gasteiger partial charge in [0.1, 0.15) is 0 Å². The second kappa shape index (κ2) is 7.11. The molecular weight excluding hydrogens is 262 g/mol. The molecule has 0 bridgehead atoms. The molecule has 1 amide bonds. The Balaban J connectivity index is 1.82. The molecule has 0 aromatic heterocycles. The van der Waals surface area contributed by atoms with E-state index >= 15 is 0 Å². The summed E-state index contributed by atoms with van der Waals surface area (Å²) < 4.78 is 0. The van der Waals surface area contributed by atoms with Gasteiger partial charge >= 0.3 is 0 Å². The summed E-state index contributed by atoms with van der Waals surface area (Å²) in [6, 6.07) is 16.8. The van der Waals surface area contributed by atoms with Crippen LogP contribution in [0, 0.1) is 11.3 Å². The number of nitriles is 1. The van der Waals surface area contributed by atoms with E-state index in [2.05, 4.69) is 11.4 Å². The number of nitrogen functional groups attached to an aromatic ring is 1. The van der Waals surface area contributed by atoms with Crippen LogP contribution in [-0.2, 0) is 17.8 Å². The van der Waals surface area contributed by atoms with Crippen LogP contribution in [0.1, 0.15) is 23.1 Å². The molecule has 0 unspecified atom stereocenters. The molecule has 0 saturated carbocycles. The fourth-order valence-electron chi connectivity index (χ4n) is 2.05. The van der Waals surface area contributed by atoms with E-state index in [1.165, 1.54) is 0 Å². The summed E-state index contributed by atoms with van der Waals surface area (Å²) in [5, 5.41) is 11.7. The number of aryl methyl sites for hydroxylation is 1. The minimum atomic E-state index is -0.0272. The van der Waals surface area contributed by atoms with Gasteiger partial charge in [-0.25, -0.2) is 0 Å². The van der Waals surface area contributed by atoms with E-state index in [-0.39, 0.29) is 5.91 Å². The summed E-state index contributed by atoms with van der Waals surface area (Å²) in [6.45, 7) is 0.429. The van der Waals surface area contributed by atoms with Crippen LogP contribution in [0.4, 0.5) is 5.69 Å². The Labute approximate surface area is 124 Å². The molecular formula is C17H17N3O. The maximum atomic E-state index is 11.8. The van der Waals surface area contributed by atoms with Gasteiger partial charge in [0.25, 0.3) is 0 Å². The Bertz CT molecular complexity index is 674. The van der Waals surface area contributed by atoms with Crippen molar-refractivity contribution in [3.05, 3.63) is 65.2 Å². The summed E-state index contributed by atoms with van der Waals surface area (Å²) in [7, 11) is 0. The van der Waals surface area contributed by atoms with E-state index in [4.69, 9.17) is 11.0 Å². The van der Waals surface area contributed by atoms with Gasteiger partial charge in [-0.05, 0) is 35.7 Å². The number of benzene rings is 2. The van der Waals surface area contributed by atoms with Gasteiger partial charge in [0.05, 0.1) is 11.6 Å². The van der Waals surface area contributed by atoms with E-state index in [9.17, 15) is 4.79 Å². The van der Waals surface area contributed by atoms with Crippen molar-refractivity contribution in [1.29, 1.82) is 5.26 Å². The van der Waals surface area contributed by atoms with Crippen molar-refractivity contribution in [2.45, 2.75) is 19.4 Å². The molecule has 0 radical (unpaired) electrons. The standard InChI is InChI=1S/C17H17N3O/c18-11-13-4-3-5-14(10-13)12-20-17(21)9-8-15-6-1-2-7-16(15)19/h1-7,10H,8-9,12,19H2,(H,20,21). The first-order chi connectivity index (χ1) is 10.2. The number of amides is 1. The van der Waals surface area contributed by atoms with Crippen LogP contribution >= 0.6 is 0 Å². The lowest BCUT2D eigenvalue weighted by Crippen LogP contribution is -2.23. The lowest BCUT2D eigenvalue weighted by Gasteiger charge is -2.07. The third-order valence-electron chi connectivity index (χ3n) is 3.22. The zero-order valence-electron chi connectivity index (χ0n) is 11.7. The predicted molar refractivity (Wildman–Crippen MR) is 82.2 cm³/mol. The number of rotatable bonds is 5. The molecule has 4 heteroatoms. The highest BCUT2D eigenvalue weighted by Gasteiger charge is 2.04. The van der Waals surface area contributed by atoms with Gasteiger partial charge < -0.3 is 11.1 Å². The quantitative estimate of drug-likeness (QED) is 0.825. The normalized spacial score (nSPS) is 9.86. The van der Waals surface area contributed by atoms with Crippen LogP contribution in [0.15, 0.2) is 48.5 Å². The molecule has 0 heterocycles. The first kappa shape index (κ1) is 14.6. The van der Waals surface area contributed by atoms with Crippen LogP contribution in [0.2, 0.25) is 0 Å². The smallest absolute Gasteiger partial charge is 0.220 e. The zero-order valence-corrected chi connectivity index (χ0v) is 11.7. The molecule has 21 heavy (non-hydrogen) atoms. The van der Waals surface area contributed by atoms with Gasteiger partial charge in [-0.2, -0.15) is 5.26 Å². The maximum absolute atomic E-state index is 11.8. The SMILES string of the molecule is N#Cc1cccc(CNC(=O)CCc2ccccc2N)c1. The van der Waals surface area contributed by atoms with Crippen molar-refractivity contribution in [1.82, 2.24) is 5.32 Å². The number of anilines is 1. The number of carbonyl (C=O) groups is 1. The number of hydrogen-bond donors (Lipinski definition) is 2. The minimum Gasteiger partial charge on any atom is -0.399 e. The number of nitrogens with zero attached hydrogens (tertiary/aromatic N) is 1. The molecule has 0 saturated heterocycles. The first-order valence-corrected chi connectivity index (χ1v) is 6.78. The van der Waals surface area contributed by atoms with E-state index in [1.807, 2.05) is 36.4 Å². The van der Waals surface area contributed by atoms with Crippen LogP contribution < -0.4 is 11.1 Å². The molecule has 0 aliphatic rings. The van der Waals surface area contributed by atoms with E-state index in [0.29, 0.717) is 30.6 Å². The number of para-hydroxylation sites is 1. The summed E-state index contributed by atoms with van der Waals surface area (Å²) in [4.78, 5) is 11.8. The molecule has 2 aromatic rings. The van der Waals surface area contributed by atoms with Crippen molar-refractivity contribution < 1.29 is 4.79 Å². The minimum absolute atomic E-state index is 0.0272. The lowest BCUT2D eigenvalue weighted by molar-refractivity contribution is -0.121. The average Bonchev–Trinajstić information content (AvgIpc) is 2.52. The largest absolute Gasteiger partial charge is 0.399 e. The van der Waals surface area contributed by atoms with Gasteiger partial charge in [0.15, 0.2) is 0 Å². The molecule has 0 fully saturated rings. The summed E-state index contributed by atoms with van der Waals surface area (Å²) in [5.41, 5.74) is 9.06. The zero-order chi connectivity index (χ0) is 15.1. The Morgan fingerprint density at radius 3 is 2.76 bits per heavy atom. The topological polar surface area (TPSA) is 78.9 Å². The average molecular weight is 279 g/mol. The van der Waals surface area contributed by atoms with Crippen molar-refractivity contribution in [2.24, 2.45) is 0 Å². The molecule has 0 aliphatic carbocycles. The second-order valence-electron chi connectivity index (χ2n) is 4.79. The van der Waals surface area contributed by atoms with Gasteiger partial charge in [0.2, 0.25) is 5.91 Å². The number of carbonyl (C=O) groups excluding carboxylic acids is 1. The van der Waals surface area contributed by atoms with Crippen LogP contribution in [0.3, 0.4) is 0 Å². The van der Waals surface area contributed by atoms with Gasteiger partial charge in [-0.1, -0.05) is 30.3 Å². The number of nitrogens with one attached hydrogen (secondary N) is 1. The van der Waals surface area contributed by atoms with Gasteiger partial charge in [-0.3, -0.25) is 4.79 Å². The summed E-state index contributed by atoms with van der Waals surface area (Å²) in [6.07, 6.45) is 1.02.